The molecular formula is C39H35NO6S. The van der Waals surface area contributed by atoms with Gasteiger partial charge in [-0.3, -0.25) is 4.79 Å². The van der Waals surface area contributed by atoms with E-state index in [1.54, 1.807) is 36.0 Å². The van der Waals surface area contributed by atoms with Crippen molar-refractivity contribution >= 4 is 23.6 Å². The minimum Gasteiger partial charge on any atom is -0.478 e. The van der Waals surface area contributed by atoms with Crippen LogP contribution in [0.3, 0.4) is 0 Å². The number of rotatable bonds is 11. The van der Waals surface area contributed by atoms with Gasteiger partial charge in [-0.15, -0.1) is 11.8 Å². The number of carboxylic acids is 1. The van der Waals surface area contributed by atoms with Crippen LogP contribution in [0.1, 0.15) is 61.8 Å². The van der Waals surface area contributed by atoms with Gasteiger partial charge in [-0.05, 0) is 64.2 Å². The Hall–Kier alpha value is -4.73. The van der Waals surface area contributed by atoms with E-state index < -0.39 is 12.3 Å². The van der Waals surface area contributed by atoms with Crippen LogP contribution < -0.4 is 5.32 Å². The molecule has 1 heterocycles. The third kappa shape index (κ3) is 8.17. The largest absolute Gasteiger partial charge is 0.478 e. The molecule has 47 heavy (non-hydrogen) atoms. The molecule has 0 unspecified atom stereocenters. The van der Waals surface area contributed by atoms with Crippen molar-refractivity contribution in [3.05, 3.63) is 161 Å². The summed E-state index contributed by atoms with van der Waals surface area (Å²) in [6, 6.07) is 40.0. The molecule has 0 spiro atoms. The molecule has 0 aromatic heterocycles. The van der Waals surface area contributed by atoms with Crippen molar-refractivity contribution in [1.82, 2.24) is 5.32 Å². The van der Waals surface area contributed by atoms with Crippen LogP contribution in [-0.2, 0) is 22.6 Å². The van der Waals surface area contributed by atoms with Crippen molar-refractivity contribution in [2.24, 2.45) is 0 Å². The number of carboxylic acid groups (broad SMARTS) is 1. The fraction of sp³-hybridized carbons (Fsp3) is 0.179. The van der Waals surface area contributed by atoms with Gasteiger partial charge in [-0.1, -0.05) is 91.0 Å². The van der Waals surface area contributed by atoms with Crippen molar-refractivity contribution in [2.75, 3.05) is 5.75 Å². The molecule has 3 N–H and O–H groups in total. The molecule has 0 bridgehead atoms. The van der Waals surface area contributed by atoms with Crippen molar-refractivity contribution in [3.8, 4) is 11.1 Å². The Morgan fingerprint density at radius 3 is 2.13 bits per heavy atom. The molecule has 3 atom stereocenters. The minimum atomic E-state index is -0.948. The number of aliphatic hydroxyl groups excluding tert-OH is 1. The monoisotopic (exact) mass is 645 g/mol. The molecule has 1 amide bonds. The Balaban J connectivity index is 1.18. The first-order valence-corrected chi connectivity index (χ1v) is 16.4. The first-order valence-electron chi connectivity index (χ1n) is 15.4. The molecule has 0 aliphatic carbocycles. The lowest BCUT2D eigenvalue weighted by Gasteiger charge is -2.36. The van der Waals surface area contributed by atoms with E-state index in [0.29, 0.717) is 24.3 Å². The number of nitrogens with one attached hydrogen (secondary N) is 1. The second-order valence-corrected chi connectivity index (χ2v) is 12.4. The van der Waals surface area contributed by atoms with Crippen molar-refractivity contribution in [1.29, 1.82) is 0 Å². The molecule has 0 saturated carbocycles. The summed E-state index contributed by atoms with van der Waals surface area (Å²) >= 11 is 1.62. The summed E-state index contributed by atoms with van der Waals surface area (Å²) in [4.78, 5) is 24.9. The lowest BCUT2D eigenvalue weighted by atomic mass is 9.97. The maximum absolute atomic E-state index is 12.7. The first kappa shape index (κ1) is 32.2. The van der Waals surface area contributed by atoms with Crippen LogP contribution in [0.25, 0.3) is 11.1 Å². The van der Waals surface area contributed by atoms with Crippen LogP contribution in [0.5, 0.6) is 0 Å². The first-order chi connectivity index (χ1) is 23.0. The number of benzene rings is 5. The summed E-state index contributed by atoms with van der Waals surface area (Å²) < 4.78 is 13.0. The van der Waals surface area contributed by atoms with E-state index in [-0.39, 0.29) is 30.3 Å². The number of carbonyl (C=O) groups excluding carboxylic acids is 1. The van der Waals surface area contributed by atoms with Gasteiger partial charge in [-0.25, -0.2) is 4.79 Å². The van der Waals surface area contributed by atoms with Crippen LogP contribution in [-0.4, -0.2) is 33.9 Å². The predicted molar refractivity (Wildman–Crippen MR) is 182 cm³/mol. The van der Waals surface area contributed by atoms with Gasteiger partial charge in [-0.2, -0.15) is 0 Å². The van der Waals surface area contributed by atoms with Crippen LogP contribution >= 0.6 is 11.8 Å². The van der Waals surface area contributed by atoms with Crippen LogP contribution in [0.4, 0.5) is 0 Å². The standard InChI is InChI=1S/C39H35NO6S/c41-24-26-10-12-28(13-11-26)36-22-33(25-47-34-20-18-30(19-21-34)38(43)44)45-39(46-36)31-16-14-27(15-17-31)35-9-5-4-8-32(35)23-40-37(42)29-6-2-1-3-7-29/h1-21,33,36,39,41H,22-25H2,(H,40,42)(H,43,44)/t33-,36+,39+/m0/s1. The highest BCUT2D eigenvalue weighted by molar-refractivity contribution is 7.99. The number of carbonyl (C=O) groups is 2. The Kier molecular flexibility index (Phi) is 10.4. The normalized spacial score (nSPS) is 17.6. The smallest absolute Gasteiger partial charge is 0.335 e. The quantitative estimate of drug-likeness (QED) is 0.126. The lowest BCUT2D eigenvalue weighted by molar-refractivity contribution is -0.245. The van der Waals surface area contributed by atoms with E-state index >= 15 is 0 Å². The summed E-state index contributed by atoms with van der Waals surface area (Å²) in [5.74, 6) is -0.401. The summed E-state index contributed by atoms with van der Waals surface area (Å²) in [7, 11) is 0. The van der Waals surface area contributed by atoms with Crippen molar-refractivity contribution < 1.29 is 29.3 Å². The minimum absolute atomic E-state index is 0.0215. The number of amides is 1. The third-order valence-electron chi connectivity index (χ3n) is 8.14. The summed E-state index contributed by atoms with van der Waals surface area (Å²) in [5.41, 5.74) is 6.67. The topological polar surface area (TPSA) is 105 Å². The molecule has 238 valence electrons. The van der Waals surface area contributed by atoms with E-state index in [1.807, 2.05) is 97.1 Å². The van der Waals surface area contributed by atoms with Gasteiger partial charge in [0.1, 0.15) is 0 Å². The number of hydrogen-bond donors (Lipinski definition) is 3. The molecule has 8 heteroatoms. The molecule has 5 aromatic carbocycles. The molecular weight excluding hydrogens is 610 g/mol. The maximum Gasteiger partial charge on any atom is 0.335 e. The molecule has 1 aliphatic heterocycles. The Morgan fingerprint density at radius 1 is 0.745 bits per heavy atom. The van der Waals surface area contributed by atoms with Gasteiger partial charge < -0.3 is 25.0 Å². The number of ether oxygens (including phenoxy) is 2. The van der Waals surface area contributed by atoms with Gasteiger partial charge in [0.05, 0.1) is 24.4 Å². The highest BCUT2D eigenvalue weighted by atomic mass is 32.2. The van der Waals surface area contributed by atoms with Gasteiger partial charge in [0.15, 0.2) is 6.29 Å². The zero-order valence-corrected chi connectivity index (χ0v) is 26.4. The molecule has 1 aliphatic rings. The molecule has 5 aromatic rings. The van der Waals surface area contributed by atoms with Gasteiger partial charge in [0.2, 0.25) is 0 Å². The molecule has 1 fully saturated rings. The molecule has 0 radical (unpaired) electrons. The number of thioether (sulfide) groups is 1. The molecule has 1 saturated heterocycles. The Labute approximate surface area is 278 Å². The van der Waals surface area contributed by atoms with Gasteiger partial charge in [0.25, 0.3) is 5.91 Å². The fourth-order valence-electron chi connectivity index (χ4n) is 5.55. The summed E-state index contributed by atoms with van der Waals surface area (Å²) in [6.45, 7) is 0.377. The van der Waals surface area contributed by atoms with Crippen molar-refractivity contribution in [2.45, 2.75) is 43.0 Å². The van der Waals surface area contributed by atoms with E-state index in [0.717, 1.165) is 38.3 Å². The highest BCUT2D eigenvalue weighted by Gasteiger charge is 2.32. The summed E-state index contributed by atoms with van der Waals surface area (Å²) in [6.07, 6.45) is -0.292. The maximum atomic E-state index is 12.7. The number of hydrogen-bond acceptors (Lipinski definition) is 6. The summed E-state index contributed by atoms with van der Waals surface area (Å²) in [5, 5.41) is 21.8. The van der Waals surface area contributed by atoms with E-state index in [2.05, 4.69) is 11.4 Å². The second-order valence-electron chi connectivity index (χ2n) is 11.3. The fourth-order valence-corrected chi connectivity index (χ4v) is 6.47. The van der Waals surface area contributed by atoms with Gasteiger partial charge in [0, 0.05) is 34.7 Å². The third-order valence-corrected chi connectivity index (χ3v) is 9.28. The Morgan fingerprint density at radius 2 is 1.43 bits per heavy atom. The Bertz CT molecular complexity index is 1790. The average Bonchev–Trinajstić information content (AvgIpc) is 3.13. The van der Waals surface area contributed by atoms with E-state index in [9.17, 15) is 19.8 Å². The lowest BCUT2D eigenvalue weighted by Crippen LogP contribution is -2.31. The second kappa shape index (κ2) is 15.2. The molecule has 6 rings (SSSR count). The van der Waals surface area contributed by atoms with Gasteiger partial charge >= 0.3 is 5.97 Å². The predicted octanol–water partition coefficient (Wildman–Crippen LogP) is 7.81. The number of aliphatic hydroxyl groups is 1. The van der Waals surface area contributed by atoms with Crippen LogP contribution in [0.15, 0.2) is 132 Å². The van der Waals surface area contributed by atoms with Crippen LogP contribution in [0, 0.1) is 0 Å². The zero-order chi connectivity index (χ0) is 32.6. The van der Waals surface area contributed by atoms with Crippen molar-refractivity contribution in [3.63, 3.8) is 0 Å². The highest BCUT2D eigenvalue weighted by Crippen LogP contribution is 2.40. The van der Waals surface area contributed by atoms with E-state index in [1.165, 1.54) is 0 Å². The van der Waals surface area contributed by atoms with E-state index in [4.69, 9.17) is 9.47 Å². The SMILES string of the molecule is O=C(O)c1ccc(SC[C@@H]2C[C@H](c3ccc(CO)cc3)O[C@H](c3ccc(-c4ccccc4CNC(=O)c4ccccc4)cc3)O2)cc1. The average molecular weight is 646 g/mol. The molecule has 7 nitrogen and oxygen atoms in total. The number of aromatic carboxylic acids is 1. The zero-order valence-electron chi connectivity index (χ0n) is 25.6. The van der Waals surface area contributed by atoms with Crippen LogP contribution in [0.2, 0.25) is 0 Å².